The number of fused-ring (bicyclic) bond motifs is 3. The molecule has 5 unspecified atom stereocenters. The van der Waals surface area contributed by atoms with Crippen LogP contribution >= 0.6 is 11.6 Å². The maximum atomic E-state index is 11.3. The van der Waals surface area contributed by atoms with Crippen molar-refractivity contribution in [2.45, 2.75) is 63.0 Å². The van der Waals surface area contributed by atoms with Gasteiger partial charge in [-0.2, -0.15) is 0 Å². The number of halogens is 1. The number of aromatic amines is 1. The molecule has 5 atom stereocenters. The molecule has 3 aliphatic rings. The van der Waals surface area contributed by atoms with Crippen LogP contribution in [0.3, 0.4) is 0 Å². The number of benzene rings is 1. The first-order chi connectivity index (χ1) is 12.4. The summed E-state index contributed by atoms with van der Waals surface area (Å²) in [4.78, 5) is 3.09. The molecule has 148 valence electrons. The molecule has 1 aromatic carbocycles. The van der Waals surface area contributed by atoms with E-state index in [9.17, 15) is 15.3 Å². The van der Waals surface area contributed by atoms with Crippen molar-refractivity contribution in [3.63, 3.8) is 0 Å². The highest BCUT2D eigenvalue weighted by Gasteiger charge is 2.87. The van der Waals surface area contributed by atoms with E-state index in [0.717, 1.165) is 11.1 Å². The second-order valence-electron chi connectivity index (χ2n) is 8.11. The number of ether oxygens (including phenoxy) is 3. The van der Waals surface area contributed by atoms with Gasteiger partial charge in [0.1, 0.15) is 23.6 Å². The zero-order valence-electron chi connectivity index (χ0n) is 15.9. The zero-order valence-corrected chi connectivity index (χ0v) is 16.6. The molecule has 5 rings (SSSR count). The summed E-state index contributed by atoms with van der Waals surface area (Å²) in [6, 6.07) is 3.77. The largest absolute Gasteiger partial charge is 0.457 e. The van der Waals surface area contributed by atoms with Gasteiger partial charge in [-0.25, -0.2) is 0 Å². The number of aliphatic hydroxyl groups is 3. The summed E-state index contributed by atoms with van der Waals surface area (Å²) in [6.45, 7) is 7.34. The van der Waals surface area contributed by atoms with E-state index >= 15 is 0 Å². The first-order valence-corrected chi connectivity index (χ1v) is 9.15. The maximum Gasteiger partial charge on any atom is 0.242 e. The van der Waals surface area contributed by atoms with Crippen LogP contribution < -0.4 is 4.74 Å². The molecule has 0 aliphatic carbocycles. The van der Waals surface area contributed by atoms with E-state index in [1.807, 2.05) is 19.1 Å². The van der Waals surface area contributed by atoms with Gasteiger partial charge >= 0.3 is 0 Å². The summed E-state index contributed by atoms with van der Waals surface area (Å²) in [5.74, 6) is -2.95. The monoisotopic (exact) mass is 397 g/mol. The normalized spacial score (nSPS) is 43.6. The molecule has 27 heavy (non-hydrogen) atoms. The van der Waals surface area contributed by atoms with Crippen molar-refractivity contribution >= 4 is 22.5 Å². The number of rotatable bonds is 3. The van der Waals surface area contributed by atoms with Gasteiger partial charge in [-0.05, 0) is 39.3 Å². The van der Waals surface area contributed by atoms with Crippen LogP contribution in [0.5, 0.6) is 5.75 Å². The SMILES string of the molecule is Cc1ccc2[nH]cc(OC3(C)OC4(CO)OC(C)(C3(C)O)C4(C)O)c2c1Cl. The molecule has 7 nitrogen and oxygen atoms in total. The predicted molar refractivity (Wildman–Crippen MR) is 98.7 cm³/mol. The van der Waals surface area contributed by atoms with E-state index in [2.05, 4.69) is 4.98 Å². The van der Waals surface area contributed by atoms with Gasteiger partial charge in [-0.1, -0.05) is 17.7 Å². The van der Waals surface area contributed by atoms with Crippen molar-refractivity contribution in [3.8, 4) is 5.75 Å². The number of nitrogens with one attached hydrogen (secondary N) is 1. The molecule has 0 radical (unpaired) electrons. The molecule has 0 spiro atoms. The van der Waals surface area contributed by atoms with Crippen molar-refractivity contribution in [2.24, 2.45) is 0 Å². The van der Waals surface area contributed by atoms with Gasteiger partial charge in [0, 0.05) is 13.1 Å². The summed E-state index contributed by atoms with van der Waals surface area (Å²) < 4.78 is 17.7. The van der Waals surface area contributed by atoms with Crippen molar-refractivity contribution in [1.82, 2.24) is 4.98 Å². The molecule has 1 aromatic heterocycles. The van der Waals surface area contributed by atoms with Crippen molar-refractivity contribution in [2.75, 3.05) is 6.61 Å². The minimum absolute atomic E-state index is 0.388. The van der Waals surface area contributed by atoms with Gasteiger partial charge in [-0.3, -0.25) is 4.74 Å². The van der Waals surface area contributed by atoms with Gasteiger partial charge in [0.15, 0.2) is 5.60 Å². The average Bonchev–Trinajstić information content (AvgIpc) is 2.99. The second kappa shape index (κ2) is 5.17. The minimum Gasteiger partial charge on any atom is -0.457 e. The Morgan fingerprint density at radius 3 is 2.37 bits per heavy atom. The first kappa shape index (κ1) is 19.0. The minimum atomic E-state index is -1.76. The molecule has 8 heteroatoms. The number of hydrogen-bond donors (Lipinski definition) is 4. The Kier molecular flexibility index (Phi) is 3.63. The Labute approximate surface area is 161 Å². The summed E-state index contributed by atoms with van der Waals surface area (Å²) in [5.41, 5.74) is -3.17. The van der Waals surface area contributed by atoms with E-state index in [-0.39, 0.29) is 0 Å². The fourth-order valence-corrected chi connectivity index (χ4v) is 4.53. The highest BCUT2D eigenvalue weighted by atomic mass is 35.5. The van der Waals surface area contributed by atoms with E-state index in [1.54, 1.807) is 20.0 Å². The van der Waals surface area contributed by atoms with E-state index in [0.29, 0.717) is 16.2 Å². The molecule has 4 heterocycles. The molecule has 3 fully saturated rings. The number of H-pyrrole nitrogens is 1. The third-order valence-electron chi connectivity index (χ3n) is 6.67. The van der Waals surface area contributed by atoms with E-state index < -0.39 is 35.0 Å². The highest BCUT2D eigenvalue weighted by Crippen LogP contribution is 2.64. The summed E-state index contributed by atoms with van der Waals surface area (Å²) in [6.07, 6.45) is 1.63. The Balaban J connectivity index is 1.82. The fourth-order valence-electron chi connectivity index (χ4n) is 4.27. The van der Waals surface area contributed by atoms with E-state index in [1.165, 1.54) is 13.8 Å². The predicted octanol–water partition coefficient (Wildman–Crippen LogP) is 2.23. The van der Waals surface area contributed by atoms with Crippen LogP contribution in [0, 0.1) is 6.92 Å². The number of hydrogen-bond acceptors (Lipinski definition) is 6. The van der Waals surface area contributed by atoms with Crippen molar-refractivity contribution in [3.05, 3.63) is 28.9 Å². The zero-order chi connectivity index (χ0) is 20.0. The van der Waals surface area contributed by atoms with Crippen LogP contribution in [0.2, 0.25) is 5.02 Å². The summed E-state index contributed by atoms with van der Waals surface area (Å²) in [5, 5.41) is 33.3. The van der Waals surface area contributed by atoms with Gasteiger partial charge in [0.25, 0.3) is 0 Å². The molecular weight excluding hydrogens is 374 g/mol. The van der Waals surface area contributed by atoms with Crippen LogP contribution in [-0.4, -0.2) is 55.3 Å². The quantitative estimate of drug-likeness (QED) is 0.633. The molecule has 0 saturated carbocycles. The van der Waals surface area contributed by atoms with Crippen LogP contribution in [0.4, 0.5) is 0 Å². The van der Waals surface area contributed by atoms with Crippen LogP contribution in [-0.2, 0) is 9.47 Å². The van der Waals surface area contributed by atoms with E-state index in [4.69, 9.17) is 25.8 Å². The maximum absolute atomic E-state index is 11.3. The molecule has 2 bridgehead atoms. The standard InChI is InChI=1S/C19H24ClNO6/c1-10-6-7-11-13(14(10)20)12(8-21-11)25-18(5)15(2,23)17(4)16(3,24)19(9-22,26-17)27-18/h6-8,21-24H,9H2,1-5H3. The summed E-state index contributed by atoms with van der Waals surface area (Å²) in [7, 11) is 0. The van der Waals surface area contributed by atoms with Crippen molar-refractivity contribution < 1.29 is 29.5 Å². The molecule has 2 aromatic rings. The number of aliphatic hydroxyl groups excluding tert-OH is 1. The lowest BCUT2D eigenvalue weighted by Gasteiger charge is -2.75. The molecule has 4 N–H and O–H groups in total. The van der Waals surface area contributed by atoms with Gasteiger partial charge in [-0.15, -0.1) is 0 Å². The molecule has 3 aliphatic heterocycles. The van der Waals surface area contributed by atoms with Gasteiger partial charge in [0.05, 0.1) is 15.9 Å². The Bertz CT molecular complexity index is 940. The average molecular weight is 398 g/mol. The highest BCUT2D eigenvalue weighted by molar-refractivity contribution is 6.36. The van der Waals surface area contributed by atoms with Crippen molar-refractivity contribution in [1.29, 1.82) is 0 Å². The van der Waals surface area contributed by atoms with Crippen LogP contribution in [0.15, 0.2) is 18.3 Å². The fraction of sp³-hybridized carbons (Fsp3) is 0.579. The van der Waals surface area contributed by atoms with Crippen LogP contribution in [0.1, 0.15) is 33.3 Å². The lowest BCUT2D eigenvalue weighted by Crippen LogP contribution is -2.96. The molecule has 3 saturated heterocycles. The van der Waals surface area contributed by atoms with Crippen LogP contribution in [0.25, 0.3) is 10.9 Å². The topological polar surface area (TPSA) is 104 Å². The lowest BCUT2D eigenvalue weighted by atomic mass is 9.59. The van der Waals surface area contributed by atoms with Gasteiger partial charge in [0.2, 0.25) is 11.6 Å². The first-order valence-electron chi connectivity index (χ1n) is 8.77. The molecule has 0 amide bonds. The summed E-state index contributed by atoms with van der Waals surface area (Å²) >= 11 is 6.46. The number of aromatic nitrogens is 1. The molecular formula is C19H24ClNO6. The third kappa shape index (κ3) is 1.94. The lowest BCUT2D eigenvalue weighted by molar-refractivity contribution is -0.597. The smallest absolute Gasteiger partial charge is 0.242 e. The third-order valence-corrected chi connectivity index (χ3v) is 7.15. The van der Waals surface area contributed by atoms with Gasteiger partial charge < -0.3 is 29.8 Å². The Morgan fingerprint density at radius 1 is 1.11 bits per heavy atom. The number of aryl methyl sites for hydroxylation is 1. The Hall–Kier alpha value is -1.35. The Morgan fingerprint density at radius 2 is 1.78 bits per heavy atom. The second-order valence-corrected chi connectivity index (χ2v) is 8.49.